The first kappa shape index (κ1) is 13.5. The molecule has 1 heterocycles. The number of rotatable bonds is 3. The van der Waals surface area contributed by atoms with Crippen LogP contribution in [0.5, 0.6) is 0 Å². The molecule has 0 bridgehead atoms. The van der Waals surface area contributed by atoms with Gasteiger partial charge in [0.2, 0.25) is 5.91 Å². The van der Waals surface area contributed by atoms with Crippen LogP contribution in [0.4, 0.5) is 5.69 Å². The van der Waals surface area contributed by atoms with Gasteiger partial charge in [-0.05, 0) is 19.1 Å². The van der Waals surface area contributed by atoms with Crippen LogP contribution >= 0.6 is 0 Å². The van der Waals surface area contributed by atoms with Gasteiger partial charge in [-0.1, -0.05) is 11.6 Å². The van der Waals surface area contributed by atoms with Crippen LogP contribution in [0.15, 0.2) is 18.2 Å². The molecule has 1 saturated heterocycles. The van der Waals surface area contributed by atoms with Gasteiger partial charge in [0.05, 0.1) is 30.4 Å². The second kappa shape index (κ2) is 5.38. The van der Waals surface area contributed by atoms with E-state index < -0.39 is 11.9 Å². The van der Waals surface area contributed by atoms with Crippen LogP contribution in [-0.2, 0) is 9.53 Å². The van der Waals surface area contributed by atoms with E-state index in [2.05, 4.69) is 5.32 Å². The summed E-state index contributed by atoms with van der Waals surface area (Å²) in [5.41, 5.74) is 6.92. The largest absolute Gasteiger partial charge is 0.478 e. The molecule has 6 heteroatoms. The van der Waals surface area contributed by atoms with Crippen molar-refractivity contribution in [2.75, 3.05) is 18.5 Å². The third kappa shape index (κ3) is 2.91. The first-order chi connectivity index (χ1) is 8.99. The Balaban J connectivity index is 2.19. The molecule has 0 aromatic heterocycles. The lowest BCUT2D eigenvalue weighted by Crippen LogP contribution is -2.37. The van der Waals surface area contributed by atoms with Gasteiger partial charge in [-0.15, -0.1) is 0 Å². The lowest BCUT2D eigenvalue weighted by atomic mass is 10.0. The standard InChI is InChI=1S/C13H16N2O4/c1-7-2-3-11(8(4-7)13(17)18)15-12(16)9-5-19-6-10(9)14/h2-4,9-10H,5-6,14H2,1H3,(H,15,16)(H,17,18). The summed E-state index contributed by atoms with van der Waals surface area (Å²) in [6.07, 6.45) is 0. The molecule has 1 amide bonds. The highest BCUT2D eigenvalue weighted by Gasteiger charge is 2.31. The molecule has 1 aromatic rings. The molecule has 1 aromatic carbocycles. The number of anilines is 1. The van der Waals surface area contributed by atoms with Crippen molar-refractivity contribution in [3.8, 4) is 0 Å². The van der Waals surface area contributed by atoms with Crippen molar-refractivity contribution in [1.82, 2.24) is 0 Å². The third-order valence-electron chi connectivity index (χ3n) is 3.12. The molecule has 102 valence electrons. The summed E-state index contributed by atoms with van der Waals surface area (Å²) in [6, 6.07) is 4.49. The van der Waals surface area contributed by atoms with Gasteiger partial charge < -0.3 is 20.9 Å². The van der Waals surface area contributed by atoms with E-state index in [0.717, 1.165) is 5.56 Å². The van der Waals surface area contributed by atoms with E-state index in [1.54, 1.807) is 19.1 Å². The number of aromatic carboxylic acids is 1. The zero-order chi connectivity index (χ0) is 14.0. The first-order valence-electron chi connectivity index (χ1n) is 5.97. The van der Waals surface area contributed by atoms with Gasteiger partial charge in [0.25, 0.3) is 0 Å². The van der Waals surface area contributed by atoms with E-state index in [9.17, 15) is 9.59 Å². The number of hydrogen-bond acceptors (Lipinski definition) is 4. The number of carboxylic acid groups (broad SMARTS) is 1. The molecule has 6 nitrogen and oxygen atoms in total. The van der Waals surface area contributed by atoms with E-state index in [1.165, 1.54) is 6.07 Å². The fourth-order valence-electron chi connectivity index (χ4n) is 2.01. The molecule has 2 atom stereocenters. The van der Waals surface area contributed by atoms with Crippen LogP contribution in [-0.4, -0.2) is 36.2 Å². The third-order valence-corrected chi connectivity index (χ3v) is 3.12. The second-order valence-corrected chi connectivity index (χ2v) is 4.65. The first-order valence-corrected chi connectivity index (χ1v) is 5.97. The number of nitrogens with one attached hydrogen (secondary N) is 1. The van der Waals surface area contributed by atoms with Crippen LogP contribution in [0.2, 0.25) is 0 Å². The smallest absolute Gasteiger partial charge is 0.337 e. The number of amides is 1. The van der Waals surface area contributed by atoms with Crippen molar-refractivity contribution in [3.63, 3.8) is 0 Å². The van der Waals surface area contributed by atoms with Gasteiger partial charge in [0, 0.05) is 6.04 Å². The van der Waals surface area contributed by atoms with Crippen molar-refractivity contribution >= 4 is 17.6 Å². The average molecular weight is 264 g/mol. The number of ether oxygens (including phenoxy) is 1. The minimum atomic E-state index is -1.08. The highest BCUT2D eigenvalue weighted by Crippen LogP contribution is 2.20. The summed E-state index contributed by atoms with van der Waals surface area (Å²) in [5.74, 6) is -1.83. The normalized spacial score (nSPS) is 22.2. The van der Waals surface area contributed by atoms with Crippen LogP contribution in [0.1, 0.15) is 15.9 Å². The highest BCUT2D eigenvalue weighted by atomic mass is 16.5. The summed E-state index contributed by atoms with van der Waals surface area (Å²) in [6.45, 7) is 2.40. The Morgan fingerprint density at radius 1 is 1.42 bits per heavy atom. The molecule has 2 rings (SSSR count). The molecule has 0 aliphatic carbocycles. The number of hydrogen-bond donors (Lipinski definition) is 3. The summed E-state index contributed by atoms with van der Waals surface area (Å²) in [5, 5.41) is 11.7. The maximum absolute atomic E-state index is 12.0. The Morgan fingerprint density at radius 3 is 2.74 bits per heavy atom. The molecule has 4 N–H and O–H groups in total. The lowest BCUT2D eigenvalue weighted by Gasteiger charge is -2.15. The van der Waals surface area contributed by atoms with E-state index in [4.69, 9.17) is 15.6 Å². The Labute approximate surface area is 110 Å². The molecule has 0 spiro atoms. The fraction of sp³-hybridized carbons (Fsp3) is 0.385. The number of carboxylic acids is 1. The van der Waals surface area contributed by atoms with Gasteiger partial charge in [-0.2, -0.15) is 0 Å². The van der Waals surface area contributed by atoms with E-state index in [-0.39, 0.29) is 29.8 Å². The summed E-state index contributed by atoms with van der Waals surface area (Å²) < 4.78 is 5.12. The Hall–Kier alpha value is -1.92. The monoisotopic (exact) mass is 264 g/mol. The van der Waals surface area contributed by atoms with Crippen molar-refractivity contribution < 1.29 is 19.4 Å². The lowest BCUT2D eigenvalue weighted by molar-refractivity contribution is -0.120. The predicted octanol–water partition coefficient (Wildman–Crippen LogP) is 0.605. The quantitative estimate of drug-likeness (QED) is 0.742. The van der Waals surface area contributed by atoms with Crippen LogP contribution in [0, 0.1) is 12.8 Å². The van der Waals surface area contributed by atoms with Gasteiger partial charge in [0.1, 0.15) is 0 Å². The molecule has 1 aliphatic rings. The zero-order valence-electron chi connectivity index (χ0n) is 10.6. The predicted molar refractivity (Wildman–Crippen MR) is 69.1 cm³/mol. The van der Waals surface area contributed by atoms with Crippen molar-refractivity contribution in [2.45, 2.75) is 13.0 Å². The molecule has 0 radical (unpaired) electrons. The summed E-state index contributed by atoms with van der Waals surface area (Å²) in [4.78, 5) is 23.2. The van der Waals surface area contributed by atoms with Gasteiger partial charge in [0.15, 0.2) is 0 Å². The van der Waals surface area contributed by atoms with Gasteiger partial charge >= 0.3 is 5.97 Å². The van der Waals surface area contributed by atoms with Crippen LogP contribution < -0.4 is 11.1 Å². The number of nitrogens with two attached hydrogens (primary N) is 1. The maximum atomic E-state index is 12.0. The fourth-order valence-corrected chi connectivity index (χ4v) is 2.01. The molecule has 0 saturated carbocycles. The number of carbonyl (C=O) groups excluding carboxylic acids is 1. The molecule has 1 aliphatic heterocycles. The summed E-state index contributed by atoms with van der Waals surface area (Å²) >= 11 is 0. The molecule has 19 heavy (non-hydrogen) atoms. The zero-order valence-corrected chi connectivity index (χ0v) is 10.6. The number of benzene rings is 1. The Kier molecular flexibility index (Phi) is 3.82. The number of aryl methyl sites for hydroxylation is 1. The van der Waals surface area contributed by atoms with Crippen molar-refractivity contribution in [1.29, 1.82) is 0 Å². The molecule has 1 fully saturated rings. The molecular weight excluding hydrogens is 248 g/mol. The van der Waals surface area contributed by atoms with Gasteiger partial charge in [-0.25, -0.2) is 4.79 Å². The topological polar surface area (TPSA) is 102 Å². The SMILES string of the molecule is Cc1ccc(NC(=O)C2COCC2N)c(C(=O)O)c1. The van der Waals surface area contributed by atoms with E-state index in [0.29, 0.717) is 6.61 Å². The van der Waals surface area contributed by atoms with Crippen LogP contribution in [0.3, 0.4) is 0 Å². The van der Waals surface area contributed by atoms with E-state index in [1.807, 2.05) is 0 Å². The minimum absolute atomic E-state index is 0.0702. The van der Waals surface area contributed by atoms with Crippen molar-refractivity contribution in [3.05, 3.63) is 29.3 Å². The second-order valence-electron chi connectivity index (χ2n) is 4.65. The number of carbonyl (C=O) groups is 2. The molecular formula is C13H16N2O4. The summed E-state index contributed by atoms with van der Waals surface area (Å²) in [7, 11) is 0. The maximum Gasteiger partial charge on any atom is 0.337 e. The minimum Gasteiger partial charge on any atom is -0.478 e. The average Bonchev–Trinajstić information content (AvgIpc) is 2.77. The van der Waals surface area contributed by atoms with E-state index >= 15 is 0 Å². The van der Waals surface area contributed by atoms with Crippen molar-refractivity contribution in [2.24, 2.45) is 11.7 Å². The van der Waals surface area contributed by atoms with Gasteiger partial charge in [-0.3, -0.25) is 4.79 Å². The molecule has 2 unspecified atom stereocenters. The highest BCUT2D eigenvalue weighted by molar-refractivity contribution is 6.01. The Morgan fingerprint density at radius 2 is 2.16 bits per heavy atom. The van der Waals surface area contributed by atoms with Crippen LogP contribution in [0.25, 0.3) is 0 Å². The Bertz CT molecular complexity index is 515.